The molecule has 174 valence electrons. The summed E-state index contributed by atoms with van der Waals surface area (Å²) in [6.45, 7) is 4.79. The first-order valence-electron chi connectivity index (χ1n) is 10.8. The van der Waals surface area contributed by atoms with Crippen LogP contribution < -0.4 is 15.5 Å². The molecule has 2 aromatic heterocycles. The van der Waals surface area contributed by atoms with Crippen LogP contribution in [0.25, 0.3) is 0 Å². The van der Waals surface area contributed by atoms with Gasteiger partial charge in [-0.05, 0) is 31.1 Å². The molecular formula is C23H32F2N6O. The molecule has 1 atom stereocenters. The van der Waals surface area contributed by atoms with Crippen LogP contribution >= 0.6 is 0 Å². The van der Waals surface area contributed by atoms with Gasteiger partial charge in [0.1, 0.15) is 11.9 Å². The van der Waals surface area contributed by atoms with E-state index in [2.05, 4.69) is 25.6 Å². The van der Waals surface area contributed by atoms with Gasteiger partial charge in [0.25, 0.3) is 0 Å². The Balaban J connectivity index is 0.00000245. The van der Waals surface area contributed by atoms with Crippen molar-refractivity contribution in [3.63, 3.8) is 0 Å². The van der Waals surface area contributed by atoms with Crippen LogP contribution in [-0.2, 0) is 17.9 Å². The lowest BCUT2D eigenvalue weighted by Gasteiger charge is -2.44. The smallest absolute Gasteiger partial charge is 0.249 e. The van der Waals surface area contributed by atoms with Gasteiger partial charge in [0, 0.05) is 50.8 Å². The van der Waals surface area contributed by atoms with Crippen molar-refractivity contribution in [2.75, 3.05) is 22.6 Å². The summed E-state index contributed by atoms with van der Waals surface area (Å²) < 4.78 is 28.3. The monoisotopic (exact) mass is 446 g/mol. The van der Waals surface area contributed by atoms with Crippen LogP contribution in [0.15, 0.2) is 18.5 Å². The van der Waals surface area contributed by atoms with Crippen molar-refractivity contribution in [1.29, 1.82) is 0 Å². The Morgan fingerprint density at radius 1 is 1.31 bits per heavy atom. The Bertz CT molecular complexity index is 1020. The first kappa shape index (κ1) is 22.5. The molecule has 2 aliphatic carbocycles. The van der Waals surface area contributed by atoms with Crippen LogP contribution in [0.4, 0.5) is 26.0 Å². The third-order valence-electron chi connectivity index (χ3n) is 6.64. The Labute approximate surface area is 187 Å². The second kappa shape index (κ2) is 7.71. The number of fused-ring (bicyclic) bond motifs is 1. The summed E-state index contributed by atoms with van der Waals surface area (Å²) in [5, 5.41) is 10.7. The lowest BCUT2D eigenvalue weighted by atomic mass is 9.67. The normalized spacial score (nSPS) is 23.0. The van der Waals surface area contributed by atoms with E-state index in [9.17, 15) is 13.6 Å². The maximum Gasteiger partial charge on any atom is 0.249 e. The van der Waals surface area contributed by atoms with Crippen molar-refractivity contribution in [2.45, 2.75) is 72.0 Å². The quantitative estimate of drug-likeness (QED) is 0.686. The molecule has 0 radical (unpaired) electrons. The highest BCUT2D eigenvalue weighted by molar-refractivity contribution is 6.04. The van der Waals surface area contributed by atoms with Crippen molar-refractivity contribution in [2.24, 2.45) is 11.3 Å². The topological polar surface area (TPSA) is 75.1 Å². The molecule has 2 aromatic rings. The number of carbonyl (C=O) groups excluding carboxylic acids is 1. The highest BCUT2D eigenvalue weighted by Gasteiger charge is 2.53. The molecule has 7 nitrogen and oxygen atoms in total. The summed E-state index contributed by atoms with van der Waals surface area (Å²) in [6.07, 6.45) is 5.67. The molecule has 3 aliphatic rings. The number of hydrogen-bond acceptors (Lipinski definition) is 5. The fourth-order valence-corrected chi connectivity index (χ4v) is 5.12. The largest absolute Gasteiger partial charge is 0.366 e. The molecule has 2 fully saturated rings. The molecule has 2 saturated carbocycles. The van der Waals surface area contributed by atoms with Crippen molar-refractivity contribution in [1.82, 2.24) is 14.8 Å². The van der Waals surface area contributed by atoms with E-state index in [0.717, 1.165) is 41.3 Å². The summed E-state index contributed by atoms with van der Waals surface area (Å²) in [7, 11) is 1.97. The van der Waals surface area contributed by atoms with Gasteiger partial charge in [0.15, 0.2) is 0 Å². The summed E-state index contributed by atoms with van der Waals surface area (Å²) in [5.74, 6) is -1.33. The van der Waals surface area contributed by atoms with Crippen molar-refractivity contribution >= 4 is 23.1 Å². The second-order valence-electron chi connectivity index (χ2n) is 9.79. The van der Waals surface area contributed by atoms with Gasteiger partial charge in [-0.3, -0.25) is 9.48 Å². The molecule has 0 unspecified atom stereocenters. The van der Waals surface area contributed by atoms with Gasteiger partial charge in [-0.1, -0.05) is 14.4 Å². The molecule has 0 saturated heterocycles. The predicted molar refractivity (Wildman–Crippen MR) is 121 cm³/mol. The Hall–Kier alpha value is -2.71. The minimum absolute atomic E-state index is 0. The van der Waals surface area contributed by atoms with E-state index in [4.69, 9.17) is 0 Å². The second-order valence-corrected chi connectivity index (χ2v) is 9.79. The van der Waals surface area contributed by atoms with Crippen molar-refractivity contribution in [3.8, 4) is 0 Å². The molecule has 32 heavy (non-hydrogen) atoms. The SMILES string of the molecule is C.Cc1nc(NCc2cnn(CC3(C)CC(F)(F)C3)c2)cc2c1NC(=O)[C@H](C1CC1)N2C. The van der Waals surface area contributed by atoms with Gasteiger partial charge in [-0.25, -0.2) is 13.8 Å². The number of hydrogen-bond donors (Lipinski definition) is 2. The highest BCUT2D eigenvalue weighted by Crippen LogP contribution is 2.52. The minimum Gasteiger partial charge on any atom is -0.366 e. The number of likely N-dealkylation sites (N-methyl/N-ethyl adjacent to an activating group) is 1. The van der Waals surface area contributed by atoms with Crippen LogP contribution in [0.3, 0.4) is 0 Å². The summed E-state index contributed by atoms with van der Waals surface area (Å²) in [4.78, 5) is 19.2. The van der Waals surface area contributed by atoms with Gasteiger partial charge < -0.3 is 15.5 Å². The number of alkyl halides is 2. The molecule has 3 heterocycles. The van der Waals surface area contributed by atoms with E-state index in [1.807, 2.05) is 33.2 Å². The minimum atomic E-state index is -2.53. The van der Waals surface area contributed by atoms with Gasteiger partial charge in [-0.15, -0.1) is 0 Å². The molecule has 5 rings (SSSR count). The van der Waals surface area contributed by atoms with Gasteiger partial charge >= 0.3 is 0 Å². The van der Waals surface area contributed by atoms with Crippen molar-refractivity contribution in [3.05, 3.63) is 29.7 Å². The average Bonchev–Trinajstić information content (AvgIpc) is 3.38. The number of aryl methyl sites for hydroxylation is 1. The van der Waals surface area contributed by atoms with E-state index in [1.54, 1.807) is 10.9 Å². The highest BCUT2D eigenvalue weighted by atomic mass is 19.3. The maximum absolute atomic E-state index is 13.3. The van der Waals surface area contributed by atoms with Crippen LogP contribution in [-0.4, -0.2) is 39.7 Å². The van der Waals surface area contributed by atoms with Crippen molar-refractivity contribution < 1.29 is 13.6 Å². The maximum atomic E-state index is 13.3. The van der Waals surface area contributed by atoms with Crippen LogP contribution in [0.5, 0.6) is 0 Å². The fourth-order valence-electron chi connectivity index (χ4n) is 5.12. The third-order valence-corrected chi connectivity index (χ3v) is 6.64. The zero-order valence-electron chi connectivity index (χ0n) is 18.1. The number of amides is 1. The molecule has 2 N–H and O–H groups in total. The number of anilines is 3. The Kier molecular flexibility index (Phi) is 5.41. The molecule has 9 heteroatoms. The Morgan fingerprint density at radius 3 is 2.69 bits per heavy atom. The number of aromatic nitrogens is 3. The molecule has 1 amide bonds. The molecule has 0 aromatic carbocycles. The number of pyridine rings is 1. The molecule has 1 aliphatic heterocycles. The van der Waals surface area contributed by atoms with Crippen LogP contribution in [0.2, 0.25) is 0 Å². The van der Waals surface area contributed by atoms with Crippen LogP contribution in [0, 0.1) is 18.3 Å². The van der Waals surface area contributed by atoms with Gasteiger partial charge in [0.05, 0.1) is 23.3 Å². The van der Waals surface area contributed by atoms with E-state index in [-0.39, 0.29) is 32.2 Å². The number of nitrogens with one attached hydrogen (secondary N) is 2. The average molecular weight is 447 g/mol. The molecule has 0 bridgehead atoms. The van der Waals surface area contributed by atoms with Gasteiger partial charge in [0.2, 0.25) is 11.8 Å². The van der Waals surface area contributed by atoms with E-state index < -0.39 is 11.3 Å². The van der Waals surface area contributed by atoms with Crippen LogP contribution in [0.1, 0.15) is 51.3 Å². The summed E-state index contributed by atoms with van der Waals surface area (Å²) in [6, 6.07) is 1.85. The number of halogens is 2. The summed E-state index contributed by atoms with van der Waals surface area (Å²) >= 11 is 0. The lowest BCUT2D eigenvalue weighted by Crippen LogP contribution is -2.47. The van der Waals surface area contributed by atoms with E-state index in [0.29, 0.717) is 19.0 Å². The van der Waals surface area contributed by atoms with Gasteiger partial charge in [-0.2, -0.15) is 5.10 Å². The summed E-state index contributed by atoms with van der Waals surface area (Å²) in [5.41, 5.74) is 3.08. The van der Waals surface area contributed by atoms with E-state index in [1.165, 1.54) is 0 Å². The predicted octanol–water partition coefficient (Wildman–Crippen LogP) is 4.44. The number of rotatable bonds is 6. The lowest BCUT2D eigenvalue weighted by molar-refractivity contribution is -0.159. The Morgan fingerprint density at radius 2 is 2.03 bits per heavy atom. The fraction of sp³-hybridized carbons (Fsp3) is 0.609. The molecule has 0 spiro atoms. The zero-order chi connectivity index (χ0) is 22.0. The standard InChI is InChI=1S/C22H28F2N6O.CH4/c1-13-18-16(29(3)19(15-4-5-15)20(31)28-18)6-17(27-13)25-7-14-8-26-30(9-14)12-21(2)10-22(23,24)11-21;/h6,8-9,15,19H,4-5,7,10-12H2,1-3H3,(H,25,27)(H,28,31);1H4/t19-;/m0./s1. The van der Waals surface area contributed by atoms with E-state index >= 15 is 0 Å². The number of carbonyl (C=O) groups is 1. The first-order chi connectivity index (χ1) is 14.6. The zero-order valence-corrected chi connectivity index (χ0v) is 18.1. The molecular weight excluding hydrogens is 414 g/mol. The number of nitrogens with zero attached hydrogens (tertiary/aromatic N) is 4. The first-order valence-corrected chi connectivity index (χ1v) is 10.8. The third kappa shape index (κ3) is 4.17.